The molecule has 0 saturated carbocycles. The first-order valence-corrected chi connectivity index (χ1v) is 5.11. The first-order chi connectivity index (χ1) is 5.59. The van der Waals surface area contributed by atoms with Crippen LogP contribution in [0, 0.1) is 5.92 Å². The van der Waals surface area contributed by atoms with E-state index >= 15 is 0 Å². The molecule has 0 aromatic heterocycles. The summed E-state index contributed by atoms with van der Waals surface area (Å²) in [5.74, 6) is 0.749. The maximum Gasteiger partial charge on any atom is 0.0223 e. The molecule has 1 aliphatic heterocycles. The van der Waals surface area contributed by atoms with Crippen molar-refractivity contribution in [1.29, 1.82) is 0 Å². The van der Waals surface area contributed by atoms with Gasteiger partial charge in [-0.1, -0.05) is 13.8 Å². The fraction of sp³-hybridized carbons (Fsp3) is 1.00. The standard InChI is InChI=1S/C10H22N2/c1-7(2)6-10-9(11)5-4-8(3)12-10/h7-10,12H,4-6,11H2,1-3H3. The molecule has 0 aromatic carbocycles. The van der Waals surface area contributed by atoms with Crippen LogP contribution >= 0.6 is 0 Å². The Kier molecular flexibility index (Phi) is 3.53. The number of piperidine rings is 1. The van der Waals surface area contributed by atoms with E-state index in [-0.39, 0.29) is 0 Å². The van der Waals surface area contributed by atoms with E-state index in [0.29, 0.717) is 18.1 Å². The lowest BCUT2D eigenvalue weighted by molar-refractivity contribution is 0.265. The molecule has 1 fully saturated rings. The average Bonchev–Trinajstić information content (AvgIpc) is 1.96. The van der Waals surface area contributed by atoms with E-state index in [4.69, 9.17) is 5.73 Å². The molecule has 3 N–H and O–H groups in total. The van der Waals surface area contributed by atoms with Crippen LogP contribution in [0.2, 0.25) is 0 Å². The molecule has 2 heteroatoms. The summed E-state index contributed by atoms with van der Waals surface area (Å²) in [5, 5.41) is 3.57. The number of rotatable bonds is 2. The molecule has 3 atom stereocenters. The van der Waals surface area contributed by atoms with Crippen molar-refractivity contribution in [2.75, 3.05) is 0 Å². The van der Waals surface area contributed by atoms with Gasteiger partial charge in [-0.05, 0) is 32.1 Å². The fourth-order valence-corrected chi connectivity index (χ4v) is 1.97. The summed E-state index contributed by atoms with van der Waals surface area (Å²) in [7, 11) is 0. The molecular formula is C10H22N2. The van der Waals surface area contributed by atoms with E-state index in [2.05, 4.69) is 26.1 Å². The van der Waals surface area contributed by atoms with Crippen LogP contribution < -0.4 is 11.1 Å². The summed E-state index contributed by atoms with van der Waals surface area (Å²) in [4.78, 5) is 0. The van der Waals surface area contributed by atoms with Crippen molar-refractivity contribution in [1.82, 2.24) is 5.32 Å². The Morgan fingerprint density at radius 2 is 2.08 bits per heavy atom. The molecular weight excluding hydrogens is 148 g/mol. The van der Waals surface area contributed by atoms with E-state index in [1.807, 2.05) is 0 Å². The second kappa shape index (κ2) is 4.24. The van der Waals surface area contributed by atoms with Crippen LogP contribution in [0.4, 0.5) is 0 Å². The number of hydrogen-bond donors (Lipinski definition) is 2. The smallest absolute Gasteiger partial charge is 0.0223 e. The predicted molar refractivity (Wildman–Crippen MR) is 53.1 cm³/mol. The van der Waals surface area contributed by atoms with Crippen molar-refractivity contribution in [3.63, 3.8) is 0 Å². The Morgan fingerprint density at radius 1 is 1.42 bits per heavy atom. The van der Waals surface area contributed by atoms with Gasteiger partial charge in [-0.15, -0.1) is 0 Å². The first kappa shape index (κ1) is 10.0. The van der Waals surface area contributed by atoms with Crippen molar-refractivity contribution in [3.8, 4) is 0 Å². The van der Waals surface area contributed by atoms with Crippen LogP contribution in [-0.2, 0) is 0 Å². The van der Waals surface area contributed by atoms with Gasteiger partial charge in [0, 0.05) is 18.1 Å². The third kappa shape index (κ3) is 2.76. The summed E-state index contributed by atoms with van der Waals surface area (Å²) < 4.78 is 0. The first-order valence-electron chi connectivity index (χ1n) is 5.11. The maximum absolute atomic E-state index is 6.03. The summed E-state index contributed by atoms with van der Waals surface area (Å²) >= 11 is 0. The third-order valence-electron chi connectivity index (χ3n) is 2.67. The lowest BCUT2D eigenvalue weighted by atomic mass is 9.89. The molecule has 0 radical (unpaired) electrons. The molecule has 12 heavy (non-hydrogen) atoms. The lowest BCUT2D eigenvalue weighted by Crippen LogP contribution is -2.53. The van der Waals surface area contributed by atoms with Crippen LogP contribution in [0.3, 0.4) is 0 Å². The summed E-state index contributed by atoms with van der Waals surface area (Å²) in [5.41, 5.74) is 6.03. The van der Waals surface area contributed by atoms with Crippen molar-refractivity contribution in [2.45, 2.75) is 58.2 Å². The normalized spacial score (nSPS) is 37.2. The van der Waals surface area contributed by atoms with Crippen LogP contribution in [0.25, 0.3) is 0 Å². The molecule has 0 amide bonds. The molecule has 0 spiro atoms. The van der Waals surface area contributed by atoms with E-state index < -0.39 is 0 Å². The Balaban J connectivity index is 2.38. The van der Waals surface area contributed by atoms with Crippen molar-refractivity contribution in [2.24, 2.45) is 11.7 Å². The molecule has 2 nitrogen and oxygen atoms in total. The molecule has 1 aliphatic rings. The summed E-state index contributed by atoms with van der Waals surface area (Å²) in [6.07, 6.45) is 3.63. The number of nitrogens with one attached hydrogen (secondary N) is 1. The van der Waals surface area contributed by atoms with Gasteiger partial charge in [-0.3, -0.25) is 0 Å². The highest BCUT2D eigenvalue weighted by Gasteiger charge is 2.25. The van der Waals surface area contributed by atoms with Crippen LogP contribution in [-0.4, -0.2) is 18.1 Å². The fourth-order valence-electron chi connectivity index (χ4n) is 1.97. The second-order valence-corrected chi connectivity index (χ2v) is 4.54. The van der Waals surface area contributed by atoms with Gasteiger partial charge in [0.25, 0.3) is 0 Å². The molecule has 1 saturated heterocycles. The van der Waals surface area contributed by atoms with Gasteiger partial charge in [0.2, 0.25) is 0 Å². The monoisotopic (exact) mass is 170 g/mol. The van der Waals surface area contributed by atoms with E-state index in [1.165, 1.54) is 19.3 Å². The van der Waals surface area contributed by atoms with Gasteiger partial charge in [0.1, 0.15) is 0 Å². The van der Waals surface area contributed by atoms with Gasteiger partial charge < -0.3 is 11.1 Å². The minimum Gasteiger partial charge on any atom is -0.326 e. The van der Waals surface area contributed by atoms with Gasteiger partial charge >= 0.3 is 0 Å². The van der Waals surface area contributed by atoms with E-state index in [1.54, 1.807) is 0 Å². The minimum atomic E-state index is 0.378. The molecule has 0 bridgehead atoms. The molecule has 1 rings (SSSR count). The Bertz CT molecular complexity index is 132. The zero-order valence-corrected chi connectivity index (χ0v) is 8.51. The Morgan fingerprint density at radius 3 is 2.67 bits per heavy atom. The largest absolute Gasteiger partial charge is 0.326 e. The molecule has 1 heterocycles. The van der Waals surface area contributed by atoms with Crippen molar-refractivity contribution < 1.29 is 0 Å². The topological polar surface area (TPSA) is 38.0 Å². The molecule has 0 aromatic rings. The second-order valence-electron chi connectivity index (χ2n) is 4.54. The zero-order chi connectivity index (χ0) is 9.14. The Labute approximate surface area is 75.9 Å². The van der Waals surface area contributed by atoms with Gasteiger partial charge in [-0.2, -0.15) is 0 Å². The lowest BCUT2D eigenvalue weighted by Gasteiger charge is -2.35. The van der Waals surface area contributed by atoms with Gasteiger partial charge in [0.05, 0.1) is 0 Å². The Hall–Kier alpha value is -0.0800. The highest BCUT2D eigenvalue weighted by atomic mass is 15.0. The third-order valence-corrected chi connectivity index (χ3v) is 2.67. The molecule has 3 unspecified atom stereocenters. The maximum atomic E-state index is 6.03. The number of hydrogen-bond acceptors (Lipinski definition) is 2. The van der Waals surface area contributed by atoms with Crippen LogP contribution in [0.1, 0.15) is 40.0 Å². The summed E-state index contributed by atoms with van der Waals surface area (Å²) in [6.45, 7) is 6.76. The van der Waals surface area contributed by atoms with Crippen LogP contribution in [0.5, 0.6) is 0 Å². The minimum absolute atomic E-state index is 0.378. The summed E-state index contributed by atoms with van der Waals surface area (Å²) in [6, 6.07) is 1.59. The molecule has 0 aliphatic carbocycles. The van der Waals surface area contributed by atoms with Crippen molar-refractivity contribution >= 4 is 0 Å². The average molecular weight is 170 g/mol. The van der Waals surface area contributed by atoms with E-state index in [9.17, 15) is 0 Å². The SMILES string of the molecule is CC(C)CC1NC(C)CCC1N. The quantitative estimate of drug-likeness (QED) is 0.659. The number of nitrogens with two attached hydrogens (primary N) is 1. The highest BCUT2D eigenvalue weighted by Crippen LogP contribution is 2.17. The predicted octanol–water partition coefficient (Wildman–Crippen LogP) is 1.50. The van der Waals surface area contributed by atoms with Crippen molar-refractivity contribution in [3.05, 3.63) is 0 Å². The van der Waals surface area contributed by atoms with Gasteiger partial charge in [0.15, 0.2) is 0 Å². The van der Waals surface area contributed by atoms with Gasteiger partial charge in [-0.25, -0.2) is 0 Å². The van der Waals surface area contributed by atoms with E-state index in [0.717, 1.165) is 5.92 Å². The van der Waals surface area contributed by atoms with Crippen LogP contribution in [0.15, 0.2) is 0 Å². The molecule has 72 valence electrons. The zero-order valence-electron chi connectivity index (χ0n) is 8.51. The highest BCUT2D eigenvalue weighted by molar-refractivity contribution is 4.87.